The lowest BCUT2D eigenvalue weighted by Crippen LogP contribution is -2.48. The molecule has 2 aliphatic heterocycles. The van der Waals surface area contributed by atoms with Gasteiger partial charge in [0.25, 0.3) is 5.91 Å². The minimum absolute atomic E-state index is 0.0410. The predicted octanol–water partition coefficient (Wildman–Crippen LogP) is 1.73. The number of ether oxygens (including phenoxy) is 1. The van der Waals surface area contributed by atoms with Crippen molar-refractivity contribution < 1.29 is 33.9 Å². The van der Waals surface area contributed by atoms with Crippen molar-refractivity contribution in [3.05, 3.63) is 71.8 Å². The molecule has 0 radical (unpaired) electrons. The van der Waals surface area contributed by atoms with E-state index in [9.17, 15) is 19.5 Å². The molecule has 2 aromatic carbocycles. The maximum atomic E-state index is 13.4. The summed E-state index contributed by atoms with van der Waals surface area (Å²) < 4.78 is 5.62. The second kappa shape index (κ2) is 8.25. The van der Waals surface area contributed by atoms with E-state index < -0.39 is 41.9 Å². The van der Waals surface area contributed by atoms with Gasteiger partial charge in [-0.2, -0.15) is 0 Å². The first-order chi connectivity index (χ1) is 14.5. The zero-order chi connectivity index (χ0) is 21.1. The summed E-state index contributed by atoms with van der Waals surface area (Å²) in [6.45, 7) is -0.528. The first-order valence-electron chi connectivity index (χ1n) is 9.67. The highest BCUT2D eigenvalue weighted by molar-refractivity contribution is 5.90. The van der Waals surface area contributed by atoms with Crippen LogP contribution in [0, 0.1) is 5.92 Å². The van der Waals surface area contributed by atoms with Gasteiger partial charge >= 0.3 is 11.9 Å². The van der Waals surface area contributed by atoms with E-state index in [1.807, 2.05) is 60.7 Å². The van der Waals surface area contributed by atoms with E-state index in [-0.39, 0.29) is 19.4 Å². The first kappa shape index (κ1) is 20.1. The van der Waals surface area contributed by atoms with Gasteiger partial charge in [0.15, 0.2) is 0 Å². The number of hydrogen-bond donors (Lipinski definition) is 1. The van der Waals surface area contributed by atoms with Crippen LogP contribution in [0.5, 0.6) is 0 Å². The molecule has 0 aliphatic carbocycles. The number of carbonyl (C=O) groups excluding carboxylic acids is 3. The SMILES string of the molecule is O=C1CCC(C(=O)ON2OCC(CO)C2=O)(C(c2ccccc2)c2ccccc2)O1. The number of amides is 1. The van der Waals surface area contributed by atoms with Gasteiger partial charge in [-0.25, -0.2) is 9.63 Å². The summed E-state index contributed by atoms with van der Waals surface area (Å²) in [5.41, 5.74) is -0.143. The molecule has 8 nitrogen and oxygen atoms in total. The van der Waals surface area contributed by atoms with Gasteiger partial charge in [-0.05, 0) is 16.4 Å². The minimum atomic E-state index is -1.67. The lowest BCUT2D eigenvalue weighted by molar-refractivity contribution is -0.310. The van der Waals surface area contributed by atoms with E-state index in [0.717, 1.165) is 11.1 Å². The van der Waals surface area contributed by atoms with Gasteiger partial charge in [-0.15, -0.1) is 0 Å². The third kappa shape index (κ3) is 3.55. The number of esters is 1. The third-order valence-corrected chi connectivity index (χ3v) is 5.38. The molecule has 4 rings (SSSR count). The Bertz CT molecular complexity index is 894. The fourth-order valence-electron chi connectivity index (χ4n) is 3.88. The Morgan fingerprint density at radius 3 is 2.17 bits per heavy atom. The van der Waals surface area contributed by atoms with Crippen molar-refractivity contribution in [2.75, 3.05) is 13.2 Å². The average Bonchev–Trinajstić information content (AvgIpc) is 3.33. The lowest BCUT2D eigenvalue weighted by Gasteiger charge is -2.34. The van der Waals surface area contributed by atoms with Crippen molar-refractivity contribution >= 4 is 17.8 Å². The number of rotatable bonds is 6. The van der Waals surface area contributed by atoms with Crippen LogP contribution in [-0.2, 0) is 28.8 Å². The number of aliphatic hydroxyl groups excluding tert-OH is 1. The van der Waals surface area contributed by atoms with E-state index in [1.165, 1.54) is 0 Å². The van der Waals surface area contributed by atoms with Crippen molar-refractivity contribution in [3.63, 3.8) is 0 Å². The van der Waals surface area contributed by atoms with Crippen LogP contribution in [0.25, 0.3) is 0 Å². The highest BCUT2D eigenvalue weighted by Gasteiger charge is 2.57. The second-order valence-electron chi connectivity index (χ2n) is 7.27. The average molecular weight is 411 g/mol. The van der Waals surface area contributed by atoms with Gasteiger partial charge in [0, 0.05) is 12.8 Å². The third-order valence-electron chi connectivity index (χ3n) is 5.38. The normalized spacial score (nSPS) is 23.7. The van der Waals surface area contributed by atoms with E-state index in [2.05, 4.69) is 0 Å². The Labute approximate surface area is 172 Å². The fourth-order valence-corrected chi connectivity index (χ4v) is 3.88. The summed E-state index contributed by atoms with van der Waals surface area (Å²) in [6.07, 6.45) is 0.129. The smallest absolute Gasteiger partial charge is 0.379 e. The molecular weight excluding hydrogens is 390 g/mol. The molecular formula is C22H21NO7. The van der Waals surface area contributed by atoms with Crippen LogP contribution in [0.1, 0.15) is 29.9 Å². The summed E-state index contributed by atoms with van der Waals surface area (Å²) >= 11 is 0. The maximum absolute atomic E-state index is 13.4. The Morgan fingerprint density at radius 1 is 1.10 bits per heavy atom. The Hall–Kier alpha value is -3.23. The van der Waals surface area contributed by atoms with E-state index in [1.54, 1.807) is 0 Å². The highest BCUT2D eigenvalue weighted by atomic mass is 17.0. The molecule has 0 bridgehead atoms. The van der Waals surface area contributed by atoms with Gasteiger partial charge in [0.1, 0.15) is 0 Å². The molecule has 2 atom stereocenters. The summed E-state index contributed by atoms with van der Waals surface area (Å²) in [5.74, 6) is -3.55. The van der Waals surface area contributed by atoms with Crippen molar-refractivity contribution in [2.45, 2.75) is 24.4 Å². The molecule has 30 heavy (non-hydrogen) atoms. The standard InChI is InChI=1S/C22H21NO7/c24-13-17-14-28-23(20(17)26)30-21(27)22(12-11-18(25)29-22)19(15-7-3-1-4-8-15)16-9-5-2-6-10-16/h1-10,17,19,24H,11-14H2. The maximum Gasteiger partial charge on any atom is 0.379 e. The van der Waals surface area contributed by atoms with Crippen molar-refractivity contribution in [1.82, 2.24) is 5.23 Å². The molecule has 1 N–H and O–H groups in total. The van der Waals surface area contributed by atoms with Crippen molar-refractivity contribution in [2.24, 2.45) is 5.92 Å². The molecule has 0 saturated carbocycles. The molecule has 0 aromatic heterocycles. The minimum Gasteiger partial charge on any atom is -0.446 e. The Kier molecular flexibility index (Phi) is 5.52. The summed E-state index contributed by atoms with van der Waals surface area (Å²) in [7, 11) is 0. The molecule has 1 amide bonds. The van der Waals surface area contributed by atoms with E-state index >= 15 is 0 Å². The predicted molar refractivity (Wildman–Crippen MR) is 102 cm³/mol. The van der Waals surface area contributed by atoms with Gasteiger partial charge in [-0.1, -0.05) is 60.7 Å². The van der Waals surface area contributed by atoms with Crippen LogP contribution in [0.15, 0.2) is 60.7 Å². The van der Waals surface area contributed by atoms with Crippen LogP contribution >= 0.6 is 0 Å². The zero-order valence-electron chi connectivity index (χ0n) is 16.1. The van der Waals surface area contributed by atoms with Crippen LogP contribution in [0.4, 0.5) is 0 Å². The van der Waals surface area contributed by atoms with Gasteiger partial charge in [0.05, 0.1) is 25.0 Å². The quantitative estimate of drug-likeness (QED) is 0.722. The first-order valence-corrected chi connectivity index (χ1v) is 9.67. The van der Waals surface area contributed by atoms with Gasteiger partial charge < -0.3 is 14.7 Å². The summed E-state index contributed by atoms with van der Waals surface area (Å²) in [5, 5.41) is 9.71. The molecule has 0 spiro atoms. The molecule has 2 unspecified atom stereocenters. The Balaban J connectivity index is 1.73. The molecule has 2 fully saturated rings. The van der Waals surface area contributed by atoms with Crippen LogP contribution in [0.3, 0.4) is 0 Å². The summed E-state index contributed by atoms with van der Waals surface area (Å²) in [4.78, 5) is 48.1. The number of hydroxylamine groups is 2. The van der Waals surface area contributed by atoms with E-state index in [4.69, 9.17) is 14.4 Å². The monoisotopic (exact) mass is 411 g/mol. The molecule has 2 aliphatic rings. The molecule has 2 saturated heterocycles. The van der Waals surface area contributed by atoms with Crippen molar-refractivity contribution in [3.8, 4) is 0 Å². The van der Waals surface area contributed by atoms with Gasteiger partial charge in [0.2, 0.25) is 5.60 Å². The Morgan fingerprint density at radius 2 is 1.70 bits per heavy atom. The fraction of sp³-hybridized carbons (Fsp3) is 0.318. The largest absolute Gasteiger partial charge is 0.446 e. The number of benzene rings is 2. The summed E-state index contributed by atoms with van der Waals surface area (Å²) in [6, 6.07) is 18.4. The van der Waals surface area contributed by atoms with Crippen LogP contribution < -0.4 is 0 Å². The number of aliphatic hydroxyl groups is 1. The van der Waals surface area contributed by atoms with Crippen LogP contribution in [0.2, 0.25) is 0 Å². The molecule has 156 valence electrons. The molecule has 8 heteroatoms. The zero-order valence-corrected chi connectivity index (χ0v) is 16.1. The lowest BCUT2D eigenvalue weighted by atomic mass is 9.76. The number of cyclic esters (lactones) is 1. The molecule has 2 aromatic rings. The topological polar surface area (TPSA) is 102 Å². The van der Waals surface area contributed by atoms with Crippen LogP contribution in [-0.4, -0.2) is 47.0 Å². The van der Waals surface area contributed by atoms with E-state index in [0.29, 0.717) is 5.23 Å². The second-order valence-corrected chi connectivity index (χ2v) is 7.27. The molecule has 2 heterocycles. The van der Waals surface area contributed by atoms with Gasteiger partial charge in [-0.3, -0.25) is 9.59 Å². The number of hydrogen-bond acceptors (Lipinski definition) is 7. The number of carbonyl (C=O) groups is 3. The number of nitrogens with zero attached hydrogens (tertiary/aromatic N) is 1. The van der Waals surface area contributed by atoms with Crippen molar-refractivity contribution in [1.29, 1.82) is 0 Å². The highest BCUT2D eigenvalue weighted by Crippen LogP contribution is 2.45.